The summed E-state index contributed by atoms with van der Waals surface area (Å²) in [6.07, 6.45) is 1.46. The smallest absolute Gasteiger partial charge is 0.300 e. The molecule has 0 aromatic heterocycles. The number of azo groups is 1. The zero-order chi connectivity index (χ0) is 15.4. The van der Waals surface area contributed by atoms with Crippen molar-refractivity contribution in [3.05, 3.63) is 36.0 Å². The highest BCUT2D eigenvalue weighted by atomic mass is 32.1. The van der Waals surface area contributed by atoms with E-state index in [-0.39, 0.29) is 10.8 Å². The highest BCUT2D eigenvalue weighted by molar-refractivity contribution is 7.80. The van der Waals surface area contributed by atoms with Crippen molar-refractivity contribution in [3.8, 4) is 11.5 Å². The Hall–Kier alpha value is -2.61. The summed E-state index contributed by atoms with van der Waals surface area (Å²) in [6.45, 7) is 3.46. The van der Waals surface area contributed by atoms with E-state index in [9.17, 15) is 4.79 Å². The topological polar surface area (TPSA) is 75.8 Å². The third-order valence-corrected chi connectivity index (χ3v) is 2.86. The van der Waals surface area contributed by atoms with Crippen molar-refractivity contribution >= 4 is 29.5 Å². The summed E-state index contributed by atoms with van der Waals surface area (Å²) < 4.78 is 10.3. The number of amides is 1. The Balaban J connectivity index is 2.25. The lowest BCUT2D eigenvalue weighted by Gasteiger charge is -2.16. The fraction of sp³-hybridized carbons (Fsp3) is 0.154. The number of ether oxygens (including phenoxy) is 2. The van der Waals surface area contributed by atoms with Crippen LogP contribution in [0, 0.1) is 0 Å². The predicted molar refractivity (Wildman–Crippen MR) is 80.6 cm³/mol. The zero-order valence-corrected chi connectivity index (χ0v) is 12.3. The van der Waals surface area contributed by atoms with Crippen LogP contribution in [0.1, 0.15) is 5.56 Å². The molecule has 108 valence electrons. The van der Waals surface area contributed by atoms with Crippen molar-refractivity contribution in [2.45, 2.75) is 0 Å². The van der Waals surface area contributed by atoms with Crippen molar-refractivity contribution in [2.75, 3.05) is 14.2 Å². The number of thiocarbonyl (C=S) groups is 1. The van der Waals surface area contributed by atoms with E-state index < -0.39 is 5.91 Å². The maximum Gasteiger partial charge on any atom is 0.300 e. The van der Waals surface area contributed by atoms with Crippen LogP contribution in [0.4, 0.5) is 0 Å². The molecule has 0 spiro atoms. The summed E-state index contributed by atoms with van der Waals surface area (Å²) in [4.78, 5) is 11.8. The Labute approximate surface area is 126 Å². The number of carbonyl (C=O) groups is 1. The number of carbonyl (C=O) groups excluding carboxylic acids is 1. The molecule has 0 aliphatic carbocycles. The minimum atomic E-state index is -0.508. The van der Waals surface area contributed by atoms with Crippen molar-refractivity contribution in [3.63, 3.8) is 0 Å². The molecule has 0 bridgehead atoms. The van der Waals surface area contributed by atoms with Gasteiger partial charge >= 0.3 is 5.91 Å². The van der Waals surface area contributed by atoms with Crippen LogP contribution in [0.25, 0.3) is 0 Å². The molecule has 7 nitrogen and oxygen atoms in total. The van der Waals surface area contributed by atoms with Gasteiger partial charge in [-0.3, -0.25) is 4.79 Å². The number of hydrogen-bond donors (Lipinski definition) is 0. The molecule has 1 aromatic carbocycles. The molecule has 1 aliphatic rings. The molecule has 1 heterocycles. The average molecular weight is 304 g/mol. The van der Waals surface area contributed by atoms with Crippen LogP contribution < -0.4 is 9.47 Å². The van der Waals surface area contributed by atoms with Gasteiger partial charge in [-0.2, -0.15) is 10.1 Å². The Kier molecular flexibility index (Phi) is 4.39. The maximum absolute atomic E-state index is 11.8. The van der Waals surface area contributed by atoms with E-state index in [2.05, 4.69) is 21.9 Å². The molecule has 0 atom stereocenters. The normalized spacial score (nSPS) is 15.0. The van der Waals surface area contributed by atoms with E-state index in [0.29, 0.717) is 17.1 Å². The zero-order valence-electron chi connectivity index (χ0n) is 11.4. The third-order valence-electron chi connectivity index (χ3n) is 2.61. The Morgan fingerprint density at radius 3 is 2.67 bits per heavy atom. The molecule has 0 N–H and O–H groups in total. The van der Waals surface area contributed by atoms with Gasteiger partial charge in [0.1, 0.15) is 5.70 Å². The third kappa shape index (κ3) is 3.11. The summed E-state index contributed by atoms with van der Waals surface area (Å²) >= 11 is 4.91. The first-order valence-corrected chi connectivity index (χ1v) is 6.22. The van der Waals surface area contributed by atoms with Crippen LogP contribution in [0.15, 0.2) is 45.8 Å². The lowest BCUT2D eigenvalue weighted by molar-refractivity contribution is -0.123. The lowest BCUT2D eigenvalue weighted by atomic mass is 10.2. The second-order valence-corrected chi connectivity index (χ2v) is 4.27. The van der Waals surface area contributed by atoms with Gasteiger partial charge in [-0.05, 0) is 36.0 Å². The number of hydrogen-bond acceptors (Lipinski definition) is 6. The van der Waals surface area contributed by atoms with Crippen molar-refractivity contribution in [1.29, 1.82) is 0 Å². The summed E-state index contributed by atoms with van der Waals surface area (Å²) in [6, 6.07) is 5.21. The minimum absolute atomic E-state index is 0.0203. The first kappa shape index (κ1) is 14.8. The van der Waals surface area contributed by atoms with Gasteiger partial charge < -0.3 is 9.47 Å². The molecule has 8 heteroatoms. The molecule has 0 saturated heterocycles. The maximum atomic E-state index is 11.8. The number of hydrazone groups is 1. The lowest BCUT2D eigenvalue weighted by Crippen LogP contribution is -2.33. The van der Waals surface area contributed by atoms with Gasteiger partial charge in [0, 0.05) is 0 Å². The molecule has 2 rings (SSSR count). The quantitative estimate of drug-likeness (QED) is 0.485. The van der Waals surface area contributed by atoms with E-state index in [0.717, 1.165) is 5.01 Å². The molecule has 0 radical (unpaired) electrons. The summed E-state index contributed by atoms with van der Waals surface area (Å²) in [5, 5.41) is 12.1. The van der Waals surface area contributed by atoms with Crippen LogP contribution in [0.5, 0.6) is 11.5 Å². The number of methoxy groups -OCH3 is 2. The van der Waals surface area contributed by atoms with Crippen LogP contribution in [-0.2, 0) is 4.79 Å². The first-order valence-electron chi connectivity index (χ1n) is 5.82. The van der Waals surface area contributed by atoms with Crippen LogP contribution in [-0.4, -0.2) is 36.5 Å². The van der Waals surface area contributed by atoms with Gasteiger partial charge in [-0.15, -0.1) is 10.2 Å². The second-order valence-electron chi connectivity index (χ2n) is 3.91. The molecule has 0 fully saturated rings. The van der Waals surface area contributed by atoms with Gasteiger partial charge in [0.15, 0.2) is 11.5 Å². The number of rotatable bonds is 4. The van der Waals surface area contributed by atoms with Gasteiger partial charge in [-0.25, -0.2) is 0 Å². The molecular formula is C13H12N4O3S. The highest BCUT2D eigenvalue weighted by Gasteiger charge is 2.24. The fourth-order valence-electron chi connectivity index (χ4n) is 1.56. The van der Waals surface area contributed by atoms with Gasteiger partial charge in [-0.1, -0.05) is 6.58 Å². The molecule has 21 heavy (non-hydrogen) atoms. The van der Waals surface area contributed by atoms with E-state index in [1.807, 2.05) is 0 Å². The SMILES string of the molecule is C=C1N=NC(=S)N(/N=C/c2ccc(OC)c(OC)c2)C1=O. The molecule has 1 aromatic rings. The van der Waals surface area contributed by atoms with Crippen molar-refractivity contribution < 1.29 is 14.3 Å². The van der Waals surface area contributed by atoms with Crippen LogP contribution in [0.3, 0.4) is 0 Å². The predicted octanol–water partition coefficient (Wildman–Crippen LogP) is 2.13. The summed E-state index contributed by atoms with van der Waals surface area (Å²) in [7, 11) is 3.08. The van der Waals surface area contributed by atoms with E-state index >= 15 is 0 Å². The molecule has 1 amide bonds. The average Bonchev–Trinajstić information content (AvgIpc) is 2.50. The van der Waals surface area contributed by atoms with E-state index in [1.54, 1.807) is 25.3 Å². The Morgan fingerprint density at radius 1 is 1.29 bits per heavy atom. The summed E-state index contributed by atoms with van der Waals surface area (Å²) in [5.74, 6) is 0.645. The number of benzene rings is 1. The van der Waals surface area contributed by atoms with Gasteiger partial charge in [0.25, 0.3) is 0 Å². The Morgan fingerprint density at radius 2 is 2.00 bits per heavy atom. The second kappa shape index (κ2) is 6.23. The largest absolute Gasteiger partial charge is 0.493 e. The van der Waals surface area contributed by atoms with Gasteiger partial charge in [0.05, 0.1) is 20.4 Å². The first-order chi connectivity index (χ1) is 10.1. The van der Waals surface area contributed by atoms with E-state index in [4.69, 9.17) is 21.7 Å². The summed E-state index contributed by atoms with van der Waals surface area (Å²) in [5.41, 5.74) is 0.685. The van der Waals surface area contributed by atoms with Crippen LogP contribution in [0.2, 0.25) is 0 Å². The molecule has 0 unspecified atom stereocenters. The fourth-order valence-corrected chi connectivity index (χ4v) is 1.73. The van der Waals surface area contributed by atoms with E-state index in [1.165, 1.54) is 13.3 Å². The molecule has 1 aliphatic heterocycles. The van der Waals surface area contributed by atoms with Gasteiger partial charge in [0.2, 0.25) is 5.11 Å². The Bertz CT molecular complexity index is 669. The van der Waals surface area contributed by atoms with Crippen molar-refractivity contribution in [1.82, 2.24) is 5.01 Å². The number of nitrogens with zero attached hydrogens (tertiary/aromatic N) is 4. The monoisotopic (exact) mass is 304 g/mol. The highest BCUT2D eigenvalue weighted by Crippen LogP contribution is 2.27. The molecular weight excluding hydrogens is 292 g/mol. The minimum Gasteiger partial charge on any atom is -0.493 e. The molecule has 0 saturated carbocycles. The standard InChI is InChI=1S/C13H12N4O3S/c1-8-12(18)17(13(21)16-15-8)14-7-9-4-5-10(19-2)11(6-9)20-3/h4-7H,1H2,2-3H3/b14-7+. The van der Waals surface area contributed by atoms with Crippen LogP contribution >= 0.6 is 12.2 Å². The van der Waals surface area contributed by atoms with Crippen molar-refractivity contribution in [2.24, 2.45) is 15.3 Å².